The summed E-state index contributed by atoms with van der Waals surface area (Å²) in [6, 6.07) is 16.1. The number of benzene rings is 2. The lowest BCUT2D eigenvalue weighted by Gasteiger charge is -2.09. The van der Waals surface area contributed by atoms with E-state index >= 15 is 0 Å². The molecule has 0 unspecified atom stereocenters. The minimum atomic E-state index is -0.540. The van der Waals surface area contributed by atoms with Crippen LogP contribution in [0.15, 0.2) is 59.1 Å². The van der Waals surface area contributed by atoms with E-state index in [0.29, 0.717) is 17.0 Å². The fourth-order valence-corrected chi connectivity index (χ4v) is 2.49. The number of carbonyl (C=O) groups excluding carboxylic acids is 1. The van der Waals surface area contributed by atoms with Gasteiger partial charge in [0.15, 0.2) is 12.3 Å². The van der Waals surface area contributed by atoms with Crippen LogP contribution in [0, 0.1) is 17.0 Å². The van der Waals surface area contributed by atoms with Crippen LogP contribution in [-0.2, 0) is 4.79 Å². The fourth-order valence-electron chi connectivity index (χ4n) is 2.49. The molecule has 1 N–H and O–H groups in total. The van der Waals surface area contributed by atoms with E-state index in [9.17, 15) is 14.9 Å². The number of aryl methyl sites for hydroxylation is 1. The molecule has 0 radical (unpaired) electrons. The molecular weight excluding hydrogens is 362 g/mol. The van der Waals surface area contributed by atoms with Gasteiger partial charge in [-0.3, -0.25) is 14.9 Å². The number of hydrogen-bond donors (Lipinski definition) is 1. The number of nitrogens with zero attached hydrogens (tertiary/aromatic N) is 2. The summed E-state index contributed by atoms with van der Waals surface area (Å²) >= 11 is 0. The van der Waals surface area contributed by atoms with Crippen molar-refractivity contribution in [3.05, 3.63) is 81.7 Å². The molecule has 0 bridgehead atoms. The molecule has 8 heteroatoms. The van der Waals surface area contributed by atoms with Crippen molar-refractivity contribution in [1.82, 2.24) is 5.16 Å². The first-order valence-electron chi connectivity index (χ1n) is 8.40. The van der Waals surface area contributed by atoms with E-state index in [1.807, 2.05) is 18.2 Å². The van der Waals surface area contributed by atoms with Crippen molar-refractivity contribution in [3.8, 4) is 5.75 Å². The predicted molar refractivity (Wildman–Crippen MR) is 104 cm³/mol. The number of nitrogens with one attached hydrogen (secondary N) is 1. The maximum atomic E-state index is 12.0. The first-order valence-corrected chi connectivity index (χ1v) is 8.40. The second kappa shape index (κ2) is 8.63. The maximum Gasteiger partial charge on any atom is 0.338 e. The molecule has 0 aliphatic carbocycles. The van der Waals surface area contributed by atoms with Gasteiger partial charge >= 0.3 is 5.69 Å². The first kappa shape index (κ1) is 18.8. The third-order valence-electron chi connectivity index (χ3n) is 3.79. The van der Waals surface area contributed by atoms with Crippen LogP contribution in [-0.4, -0.2) is 22.6 Å². The third-order valence-corrected chi connectivity index (χ3v) is 3.79. The van der Waals surface area contributed by atoms with E-state index in [2.05, 4.69) is 10.5 Å². The summed E-state index contributed by atoms with van der Waals surface area (Å²) < 4.78 is 10.6. The number of rotatable bonds is 7. The molecule has 142 valence electrons. The van der Waals surface area contributed by atoms with Crippen LogP contribution in [0.1, 0.15) is 17.0 Å². The fraction of sp³-hybridized carbons (Fsp3) is 0.100. The smallest absolute Gasteiger partial charge is 0.338 e. The van der Waals surface area contributed by atoms with Gasteiger partial charge in [-0.15, -0.1) is 0 Å². The Bertz CT molecular complexity index is 1010. The predicted octanol–water partition coefficient (Wildman–Crippen LogP) is 4.08. The van der Waals surface area contributed by atoms with Gasteiger partial charge in [0, 0.05) is 11.3 Å². The quantitative estimate of drug-likeness (QED) is 0.489. The Morgan fingerprint density at radius 1 is 1.18 bits per heavy atom. The Hall–Kier alpha value is -3.94. The molecule has 0 spiro atoms. The van der Waals surface area contributed by atoms with E-state index in [1.165, 1.54) is 13.0 Å². The lowest BCUT2D eigenvalue weighted by Crippen LogP contribution is -2.20. The number of nitro groups is 1. The Balaban J connectivity index is 1.70. The Kier molecular flexibility index (Phi) is 5.81. The molecule has 28 heavy (non-hydrogen) atoms. The molecule has 1 amide bonds. The average molecular weight is 379 g/mol. The topological polar surface area (TPSA) is 108 Å². The van der Waals surface area contributed by atoms with Gasteiger partial charge in [0.25, 0.3) is 5.91 Å². The number of aromatic nitrogens is 1. The molecule has 0 fully saturated rings. The molecule has 3 aromatic rings. The van der Waals surface area contributed by atoms with Gasteiger partial charge in [0.1, 0.15) is 5.75 Å². The van der Waals surface area contributed by atoms with Gasteiger partial charge in [-0.25, -0.2) is 0 Å². The molecule has 1 heterocycles. The zero-order valence-corrected chi connectivity index (χ0v) is 15.0. The number of para-hydroxylation sites is 2. The van der Waals surface area contributed by atoms with Crippen LogP contribution in [0.4, 0.5) is 11.4 Å². The van der Waals surface area contributed by atoms with Gasteiger partial charge in [-0.2, -0.15) is 0 Å². The first-order chi connectivity index (χ1) is 13.5. The molecule has 0 saturated heterocycles. The third kappa shape index (κ3) is 4.61. The molecule has 0 saturated carbocycles. The monoisotopic (exact) mass is 379 g/mol. The summed E-state index contributed by atoms with van der Waals surface area (Å²) in [5.74, 6) is 0.200. The molecule has 0 aliphatic rings. The normalized spacial score (nSPS) is 10.8. The van der Waals surface area contributed by atoms with Crippen LogP contribution in [0.3, 0.4) is 0 Å². The molecular formula is C20H17N3O5. The highest BCUT2D eigenvalue weighted by Gasteiger charge is 2.22. The van der Waals surface area contributed by atoms with Crippen molar-refractivity contribution in [2.75, 3.05) is 11.9 Å². The van der Waals surface area contributed by atoms with Crippen LogP contribution in [0.5, 0.6) is 5.75 Å². The SMILES string of the molecule is Cc1noc(/C=C\c2ccccc2OCC(=O)Nc2ccccc2)c1[N+](=O)[O-]. The second-order valence-corrected chi connectivity index (χ2v) is 5.81. The zero-order chi connectivity index (χ0) is 19.9. The van der Waals surface area contributed by atoms with Crippen molar-refractivity contribution in [2.24, 2.45) is 0 Å². The number of ether oxygens (including phenoxy) is 1. The van der Waals surface area contributed by atoms with Gasteiger partial charge < -0.3 is 14.6 Å². The van der Waals surface area contributed by atoms with Crippen LogP contribution < -0.4 is 10.1 Å². The lowest BCUT2D eigenvalue weighted by molar-refractivity contribution is -0.386. The number of anilines is 1. The minimum absolute atomic E-state index is 0.0409. The summed E-state index contributed by atoms with van der Waals surface area (Å²) in [6.45, 7) is 1.32. The van der Waals surface area contributed by atoms with Crippen molar-refractivity contribution in [2.45, 2.75) is 6.92 Å². The van der Waals surface area contributed by atoms with Crippen LogP contribution in [0.25, 0.3) is 12.2 Å². The Morgan fingerprint density at radius 3 is 2.64 bits per heavy atom. The average Bonchev–Trinajstić information content (AvgIpc) is 3.07. The summed E-state index contributed by atoms with van der Waals surface area (Å²) in [6.07, 6.45) is 3.06. The molecule has 3 rings (SSSR count). The Morgan fingerprint density at radius 2 is 1.89 bits per heavy atom. The summed E-state index contributed by atoms with van der Waals surface area (Å²) in [7, 11) is 0. The minimum Gasteiger partial charge on any atom is -0.483 e. The zero-order valence-electron chi connectivity index (χ0n) is 15.0. The lowest BCUT2D eigenvalue weighted by atomic mass is 10.1. The molecule has 0 aliphatic heterocycles. The van der Waals surface area contributed by atoms with Crippen LogP contribution in [0.2, 0.25) is 0 Å². The molecule has 8 nitrogen and oxygen atoms in total. The van der Waals surface area contributed by atoms with Crippen molar-refractivity contribution >= 4 is 29.4 Å². The highest BCUT2D eigenvalue weighted by molar-refractivity contribution is 5.91. The van der Waals surface area contributed by atoms with Crippen molar-refractivity contribution in [1.29, 1.82) is 0 Å². The number of hydrogen-bond acceptors (Lipinski definition) is 6. The molecule has 1 aromatic heterocycles. The largest absolute Gasteiger partial charge is 0.483 e. The van der Waals surface area contributed by atoms with Gasteiger partial charge in [0.05, 0.1) is 4.92 Å². The summed E-state index contributed by atoms with van der Waals surface area (Å²) in [4.78, 5) is 22.6. The Labute approximate surface area is 160 Å². The van der Waals surface area contributed by atoms with E-state index in [1.54, 1.807) is 42.5 Å². The van der Waals surface area contributed by atoms with E-state index in [0.717, 1.165) is 0 Å². The van der Waals surface area contributed by atoms with E-state index in [4.69, 9.17) is 9.26 Å². The standard InChI is InChI=1S/C20H17N3O5/c1-14-20(23(25)26)18(28-22-14)12-11-15-7-5-6-10-17(15)27-13-19(24)21-16-8-3-2-4-9-16/h2-12H,13H2,1H3,(H,21,24)/b12-11-. The number of carbonyl (C=O) groups is 1. The highest BCUT2D eigenvalue weighted by Crippen LogP contribution is 2.26. The summed E-state index contributed by atoms with van der Waals surface area (Å²) in [5.41, 5.74) is 1.33. The second-order valence-electron chi connectivity index (χ2n) is 5.81. The maximum absolute atomic E-state index is 12.0. The van der Waals surface area contributed by atoms with Crippen molar-refractivity contribution in [3.63, 3.8) is 0 Å². The van der Waals surface area contributed by atoms with E-state index < -0.39 is 4.92 Å². The summed E-state index contributed by atoms with van der Waals surface area (Å²) in [5, 5.41) is 17.5. The number of amides is 1. The molecule has 2 aromatic carbocycles. The van der Waals surface area contributed by atoms with Gasteiger partial charge in [-0.1, -0.05) is 41.6 Å². The van der Waals surface area contributed by atoms with E-state index in [-0.39, 0.29) is 29.7 Å². The van der Waals surface area contributed by atoms with Crippen molar-refractivity contribution < 1.29 is 19.0 Å². The van der Waals surface area contributed by atoms with Gasteiger partial charge in [-0.05, 0) is 37.3 Å². The van der Waals surface area contributed by atoms with Crippen LogP contribution >= 0.6 is 0 Å². The highest BCUT2D eigenvalue weighted by atomic mass is 16.6. The molecule has 0 atom stereocenters. The van der Waals surface area contributed by atoms with Gasteiger partial charge in [0.2, 0.25) is 5.76 Å².